The summed E-state index contributed by atoms with van der Waals surface area (Å²) in [4.78, 5) is 22.8. The fraction of sp³-hybridized carbons (Fsp3) is 0.190. The number of benzene rings is 1. The van der Waals surface area contributed by atoms with Crippen LogP contribution in [0.5, 0.6) is 0 Å². The molecule has 0 bridgehead atoms. The van der Waals surface area contributed by atoms with E-state index in [4.69, 9.17) is 0 Å². The minimum atomic E-state index is -0.243. The third-order valence-electron chi connectivity index (χ3n) is 4.07. The van der Waals surface area contributed by atoms with E-state index in [-0.39, 0.29) is 11.9 Å². The van der Waals surface area contributed by atoms with Crippen LogP contribution in [0.1, 0.15) is 33.1 Å². The molecule has 0 radical (unpaired) electrons. The van der Waals surface area contributed by atoms with E-state index in [0.29, 0.717) is 5.56 Å². The van der Waals surface area contributed by atoms with E-state index in [2.05, 4.69) is 44.5 Å². The van der Waals surface area contributed by atoms with Crippen LogP contribution in [0.2, 0.25) is 0 Å². The number of amides is 1. The average molecular weight is 346 g/mol. The second kappa shape index (κ2) is 8.36. The van der Waals surface area contributed by atoms with Crippen LogP contribution in [0.4, 0.5) is 0 Å². The Balaban J connectivity index is 1.88. The molecule has 0 spiro atoms. The smallest absolute Gasteiger partial charge is 0.252 e. The summed E-state index contributed by atoms with van der Waals surface area (Å²) in [5.41, 5.74) is 3.83. The first-order valence-electron chi connectivity index (χ1n) is 8.48. The molecule has 1 amide bonds. The number of nitrogens with zero attached hydrogens (tertiary/aromatic N) is 3. The maximum absolute atomic E-state index is 12.7. The Kier molecular flexibility index (Phi) is 5.71. The lowest BCUT2D eigenvalue weighted by Gasteiger charge is -2.20. The fourth-order valence-corrected chi connectivity index (χ4v) is 2.81. The number of nitrogens with one attached hydrogen (secondary N) is 1. The molecule has 0 aliphatic heterocycles. The van der Waals surface area contributed by atoms with Gasteiger partial charge < -0.3 is 10.2 Å². The van der Waals surface area contributed by atoms with Crippen LogP contribution in [0.3, 0.4) is 0 Å². The van der Waals surface area contributed by atoms with E-state index < -0.39 is 0 Å². The summed E-state index contributed by atoms with van der Waals surface area (Å²) < 4.78 is 0. The number of hydrogen-bond acceptors (Lipinski definition) is 4. The highest BCUT2D eigenvalue weighted by atomic mass is 16.1. The first-order chi connectivity index (χ1) is 12.6. The van der Waals surface area contributed by atoms with E-state index in [1.54, 1.807) is 36.9 Å². The SMILES string of the molecule is CN(C)Cc1ccc(C(NC(=O)c2ccncc2)c2ccncc2)cc1. The van der Waals surface area contributed by atoms with Crippen molar-refractivity contribution in [3.8, 4) is 0 Å². The molecule has 0 aliphatic rings. The molecule has 2 heterocycles. The van der Waals surface area contributed by atoms with Gasteiger partial charge >= 0.3 is 0 Å². The van der Waals surface area contributed by atoms with Gasteiger partial charge in [-0.05, 0) is 55.1 Å². The van der Waals surface area contributed by atoms with Gasteiger partial charge in [0.2, 0.25) is 0 Å². The topological polar surface area (TPSA) is 58.1 Å². The van der Waals surface area contributed by atoms with E-state index in [9.17, 15) is 4.79 Å². The van der Waals surface area contributed by atoms with Crippen LogP contribution in [-0.4, -0.2) is 34.9 Å². The number of carbonyl (C=O) groups excluding carboxylic acids is 1. The Bertz CT molecular complexity index is 833. The van der Waals surface area contributed by atoms with Gasteiger partial charge in [-0.3, -0.25) is 14.8 Å². The van der Waals surface area contributed by atoms with Gasteiger partial charge in [-0.15, -0.1) is 0 Å². The minimum Gasteiger partial charge on any atom is -0.341 e. The molecule has 26 heavy (non-hydrogen) atoms. The lowest BCUT2D eigenvalue weighted by molar-refractivity contribution is 0.0943. The molecule has 2 aromatic heterocycles. The van der Waals surface area contributed by atoms with Crippen molar-refractivity contribution < 1.29 is 4.79 Å². The van der Waals surface area contributed by atoms with Crippen molar-refractivity contribution in [2.45, 2.75) is 12.6 Å². The summed E-state index contributed by atoms with van der Waals surface area (Å²) in [5.74, 6) is -0.133. The van der Waals surface area contributed by atoms with Gasteiger partial charge in [0.05, 0.1) is 6.04 Å². The summed E-state index contributed by atoms with van der Waals surface area (Å²) in [7, 11) is 4.09. The van der Waals surface area contributed by atoms with Gasteiger partial charge in [0, 0.05) is 36.9 Å². The Morgan fingerprint density at radius 1 is 0.885 bits per heavy atom. The van der Waals surface area contributed by atoms with Crippen molar-refractivity contribution in [3.05, 3.63) is 95.6 Å². The van der Waals surface area contributed by atoms with Crippen molar-refractivity contribution in [2.75, 3.05) is 14.1 Å². The average Bonchev–Trinajstić information content (AvgIpc) is 2.67. The first kappa shape index (κ1) is 17.8. The largest absolute Gasteiger partial charge is 0.341 e. The highest BCUT2D eigenvalue weighted by Crippen LogP contribution is 2.23. The Hall–Kier alpha value is -3.05. The highest BCUT2D eigenvalue weighted by Gasteiger charge is 2.18. The van der Waals surface area contributed by atoms with Crippen LogP contribution in [0.25, 0.3) is 0 Å². The predicted octanol–water partition coefficient (Wildman–Crippen LogP) is 3.06. The Labute approximate surface area is 153 Å². The Morgan fingerprint density at radius 3 is 2.00 bits per heavy atom. The van der Waals surface area contributed by atoms with Crippen molar-refractivity contribution >= 4 is 5.91 Å². The second-order valence-electron chi connectivity index (χ2n) is 6.40. The van der Waals surface area contributed by atoms with Crippen molar-refractivity contribution in [1.82, 2.24) is 20.2 Å². The van der Waals surface area contributed by atoms with Gasteiger partial charge in [0.15, 0.2) is 0 Å². The molecule has 5 nitrogen and oxygen atoms in total. The standard InChI is InChI=1S/C21H22N4O/c1-25(2)15-16-3-5-17(6-4-16)20(18-7-11-22-12-8-18)24-21(26)19-9-13-23-14-10-19/h3-14,20H,15H2,1-2H3,(H,24,26). The Morgan fingerprint density at radius 2 is 1.42 bits per heavy atom. The number of aromatic nitrogens is 2. The van der Waals surface area contributed by atoms with Crippen LogP contribution < -0.4 is 5.32 Å². The van der Waals surface area contributed by atoms with Gasteiger partial charge in [0.1, 0.15) is 0 Å². The second-order valence-corrected chi connectivity index (χ2v) is 6.40. The monoisotopic (exact) mass is 346 g/mol. The number of rotatable bonds is 6. The highest BCUT2D eigenvalue weighted by molar-refractivity contribution is 5.94. The van der Waals surface area contributed by atoms with Crippen LogP contribution in [0.15, 0.2) is 73.3 Å². The molecule has 132 valence electrons. The maximum Gasteiger partial charge on any atom is 0.252 e. The van der Waals surface area contributed by atoms with Gasteiger partial charge in [0.25, 0.3) is 5.91 Å². The molecule has 0 fully saturated rings. The summed E-state index contributed by atoms with van der Waals surface area (Å²) in [6.07, 6.45) is 6.71. The zero-order chi connectivity index (χ0) is 18.4. The maximum atomic E-state index is 12.7. The molecule has 1 N–H and O–H groups in total. The molecular formula is C21H22N4O. The van der Waals surface area contributed by atoms with Gasteiger partial charge in [-0.25, -0.2) is 0 Å². The molecular weight excluding hydrogens is 324 g/mol. The zero-order valence-electron chi connectivity index (χ0n) is 15.0. The third-order valence-corrected chi connectivity index (χ3v) is 4.07. The van der Waals surface area contributed by atoms with Gasteiger partial charge in [-0.2, -0.15) is 0 Å². The third kappa shape index (κ3) is 4.52. The van der Waals surface area contributed by atoms with Crippen LogP contribution in [0, 0.1) is 0 Å². The van der Waals surface area contributed by atoms with Crippen LogP contribution >= 0.6 is 0 Å². The lowest BCUT2D eigenvalue weighted by atomic mass is 9.98. The summed E-state index contributed by atoms with van der Waals surface area (Å²) in [6.45, 7) is 0.879. The van der Waals surface area contributed by atoms with E-state index in [1.807, 2.05) is 26.2 Å². The predicted molar refractivity (Wildman–Crippen MR) is 102 cm³/mol. The summed E-state index contributed by atoms with van der Waals surface area (Å²) in [5, 5.41) is 3.12. The zero-order valence-corrected chi connectivity index (χ0v) is 15.0. The molecule has 1 unspecified atom stereocenters. The number of pyridine rings is 2. The van der Waals surface area contributed by atoms with Crippen LogP contribution in [-0.2, 0) is 6.54 Å². The molecule has 0 aliphatic carbocycles. The summed E-state index contributed by atoms with van der Waals surface area (Å²) in [6, 6.07) is 15.3. The lowest BCUT2D eigenvalue weighted by Crippen LogP contribution is -2.29. The van der Waals surface area contributed by atoms with Gasteiger partial charge in [-0.1, -0.05) is 24.3 Å². The molecule has 5 heteroatoms. The number of hydrogen-bond donors (Lipinski definition) is 1. The minimum absolute atomic E-state index is 0.133. The first-order valence-corrected chi connectivity index (χ1v) is 8.48. The molecule has 0 saturated carbocycles. The van der Waals surface area contributed by atoms with Crippen molar-refractivity contribution in [3.63, 3.8) is 0 Å². The van der Waals surface area contributed by atoms with E-state index in [0.717, 1.165) is 17.7 Å². The quantitative estimate of drug-likeness (QED) is 0.745. The van der Waals surface area contributed by atoms with E-state index in [1.165, 1.54) is 5.56 Å². The fourth-order valence-electron chi connectivity index (χ4n) is 2.81. The summed E-state index contributed by atoms with van der Waals surface area (Å²) >= 11 is 0. The van der Waals surface area contributed by atoms with Crippen molar-refractivity contribution in [2.24, 2.45) is 0 Å². The molecule has 3 aromatic rings. The van der Waals surface area contributed by atoms with Crippen molar-refractivity contribution in [1.29, 1.82) is 0 Å². The molecule has 1 aromatic carbocycles. The molecule has 1 atom stereocenters. The normalized spacial score (nSPS) is 12.0. The molecule has 3 rings (SSSR count). The van der Waals surface area contributed by atoms with E-state index >= 15 is 0 Å². The number of carbonyl (C=O) groups is 1. The molecule has 0 saturated heterocycles.